The molecule has 21 heavy (non-hydrogen) atoms. The minimum atomic E-state index is -0.492. The molecule has 0 aromatic carbocycles. The third-order valence-corrected chi connectivity index (χ3v) is 6.90. The first-order valence-electron chi connectivity index (χ1n) is 9.43. The van der Waals surface area contributed by atoms with Crippen molar-refractivity contribution in [2.45, 2.75) is 89.3 Å². The first kappa shape index (κ1) is 15.8. The lowest BCUT2D eigenvalue weighted by atomic mass is 9.66. The summed E-state index contributed by atoms with van der Waals surface area (Å²) in [7, 11) is 1.86. The second-order valence-electron chi connectivity index (χ2n) is 7.96. The predicted octanol–water partition coefficient (Wildman–Crippen LogP) is 5.53. The average molecular weight is 296 g/mol. The van der Waals surface area contributed by atoms with E-state index in [0.29, 0.717) is 6.10 Å². The first-order chi connectivity index (χ1) is 10.3. The van der Waals surface area contributed by atoms with Gasteiger partial charge in [0.1, 0.15) is 6.17 Å². The standard InChI is InChI=1S/C19H33FO/c1-21-19-12-8-17(9-13-19)15-4-2-14(3-5-15)16-6-10-18(20)11-7-16/h14-19H,2-13H2,1H3. The van der Waals surface area contributed by atoms with Crippen molar-refractivity contribution in [1.82, 2.24) is 0 Å². The number of methoxy groups -OCH3 is 1. The van der Waals surface area contributed by atoms with Gasteiger partial charge in [-0.15, -0.1) is 0 Å². The number of halogens is 1. The zero-order valence-corrected chi connectivity index (χ0v) is 13.7. The third-order valence-electron chi connectivity index (χ3n) is 6.90. The maximum absolute atomic E-state index is 13.3. The Balaban J connectivity index is 1.41. The fourth-order valence-corrected chi connectivity index (χ4v) is 5.43. The fraction of sp³-hybridized carbons (Fsp3) is 1.00. The second kappa shape index (κ2) is 7.44. The fourth-order valence-electron chi connectivity index (χ4n) is 5.43. The molecule has 0 aromatic rings. The number of ether oxygens (including phenoxy) is 1. The Hall–Kier alpha value is -0.110. The zero-order valence-electron chi connectivity index (χ0n) is 13.7. The van der Waals surface area contributed by atoms with E-state index in [1.54, 1.807) is 0 Å². The van der Waals surface area contributed by atoms with Gasteiger partial charge in [-0.3, -0.25) is 0 Å². The topological polar surface area (TPSA) is 9.23 Å². The van der Waals surface area contributed by atoms with Crippen LogP contribution in [-0.2, 0) is 4.74 Å². The summed E-state index contributed by atoms with van der Waals surface area (Å²) in [6, 6.07) is 0. The Morgan fingerprint density at radius 1 is 0.571 bits per heavy atom. The zero-order chi connectivity index (χ0) is 14.7. The van der Waals surface area contributed by atoms with Crippen LogP contribution in [0, 0.1) is 23.7 Å². The van der Waals surface area contributed by atoms with E-state index >= 15 is 0 Å². The average Bonchev–Trinajstić information content (AvgIpc) is 2.56. The summed E-state index contributed by atoms with van der Waals surface area (Å²) in [6.45, 7) is 0. The van der Waals surface area contributed by atoms with E-state index in [4.69, 9.17) is 4.74 Å². The van der Waals surface area contributed by atoms with Crippen LogP contribution < -0.4 is 0 Å². The Morgan fingerprint density at radius 2 is 0.905 bits per heavy atom. The molecule has 0 bridgehead atoms. The summed E-state index contributed by atoms with van der Waals surface area (Å²) >= 11 is 0. The van der Waals surface area contributed by atoms with Crippen molar-refractivity contribution < 1.29 is 9.13 Å². The summed E-state index contributed by atoms with van der Waals surface area (Å²) in [5.74, 6) is 3.72. The molecule has 3 saturated carbocycles. The lowest BCUT2D eigenvalue weighted by Crippen LogP contribution is -2.31. The van der Waals surface area contributed by atoms with E-state index in [0.717, 1.165) is 49.4 Å². The number of hydrogen-bond acceptors (Lipinski definition) is 1. The van der Waals surface area contributed by atoms with E-state index in [9.17, 15) is 4.39 Å². The van der Waals surface area contributed by atoms with Gasteiger partial charge in [0, 0.05) is 7.11 Å². The number of rotatable bonds is 3. The van der Waals surface area contributed by atoms with Crippen LogP contribution in [0.15, 0.2) is 0 Å². The Labute approximate surface area is 130 Å². The number of alkyl halides is 1. The van der Waals surface area contributed by atoms with Gasteiger partial charge in [0.05, 0.1) is 6.10 Å². The van der Waals surface area contributed by atoms with Gasteiger partial charge >= 0.3 is 0 Å². The van der Waals surface area contributed by atoms with Crippen LogP contribution in [0.25, 0.3) is 0 Å². The highest BCUT2D eigenvalue weighted by atomic mass is 19.1. The SMILES string of the molecule is COC1CCC(C2CCC(C3CCC(F)CC3)CC2)CC1. The molecule has 0 heterocycles. The van der Waals surface area contributed by atoms with Gasteiger partial charge < -0.3 is 4.74 Å². The quantitative estimate of drug-likeness (QED) is 0.665. The summed E-state index contributed by atoms with van der Waals surface area (Å²) in [4.78, 5) is 0. The van der Waals surface area contributed by atoms with Gasteiger partial charge in [-0.05, 0) is 101 Å². The van der Waals surface area contributed by atoms with Crippen molar-refractivity contribution in [3.05, 3.63) is 0 Å². The molecule has 0 aromatic heterocycles. The van der Waals surface area contributed by atoms with Crippen molar-refractivity contribution in [1.29, 1.82) is 0 Å². The third kappa shape index (κ3) is 4.00. The van der Waals surface area contributed by atoms with Crippen LogP contribution in [0.4, 0.5) is 4.39 Å². The Morgan fingerprint density at radius 3 is 1.29 bits per heavy atom. The summed E-state index contributed by atoms with van der Waals surface area (Å²) in [5, 5.41) is 0. The van der Waals surface area contributed by atoms with Crippen LogP contribution in [0.2, 0.25) is 0 Å². The van der Waals surface area contributed by atoms with Gasteiger partial charge in [-0.1, -0.05) is 0 Å². The van der Waals surface area contributed by atoms with Crippen molar-refractivity contribution in [3.63, 3.8) is 0 Å². The molecule has 3 rings (SSSR count). The predicted molar refractivity (Wildman–Crippen MR) is 85.1 cm³/mol. The second-order valence-corrected chi connectivity index (χ2v) is 7.96. The molecule has 0 saturated heterocycles. The van der Waals surface area contributed by atoms with Crippen molar-refractivity contribution >= 4 is 0 Å². The molecule has 0 atom stereocenters. The largest absolute Gasteiger partial charge is 0.381 e. The molecular formula is C19H33FO. The summed E-state index contributed by atoms with van der Waals surface area (Å²) in [6.07, 6.45) is 15.1. The lowest BCUT2D eigenvalue weighted by molar-refractivity contribution is 0.0352. The maximum atomic E-state index is 13.3. The normalized spacial score (nSPS) is 45.4. The Bertz CT molecular complexity index is 295. The first-order valence-corrected chi connectivity index (χ1v) is 9.43. The van der Waals surface area contributed by atoms with E-state index in [2.05, 4.69) is 0 Å². The molecule has 1 nitrogen and oxygen atoms in total. The van der Waals surface area contributed by atoms with Gasteiger partial charge in [0.15, 0.2) is 0 Å². The maximum Gasteiger partial charge on any atom is 0.100 e. The Kier molecular flexibility index (Phi) is 5.59. The van der Waals surface area contributed by atoms with Crippen molar-refractivity contribution in [3.8, 4) is 0 Å². The number of hydrogen-bond donors (Lipinski definition) is 0. The van der Waals surface area contributed by atoms with Gasteiger partial charge in [-0.2, -0.15) is 0 Å². The van der Waals surface area contributed by atoms with Gasteiger partial charge in [0.2, 0.25) is 0 Å². The van der Waals surface area contributed by atoms with Crippen molar-refractivity contribution in [2.24, 2.45) is 23.7 Å². The molecular weight excluding hydrogens is 263 g/mol. The molecule has 3 aliphatic rings. The molecule has 2 heteroatoms. The van der Waals surface area contributed by atoms with Crippen LogP contribution in [0.5, 0.6) is 0 Å². The van der Waals surface area contributed by atoms with E-state index in [1.165, 1.54) is 51.4 Å². The summed E-state index contributed by atoms with van der Waals surface area (Å²) < 4.78 is 18.8. The summed E-state index contributed by atoms with van der Waals surface area (Å²) in [5.41, 5.74) is 0. The smallest absolute Gasteiger partial charge is 0.100 e. The molecule has 3 fully saturated rings. The van der Waals surface area contributed by atoms with Gasteiger partial charge in [0.25, 0.3) is 0 Å². The molecule has 0 N–H and O–H groups in total. The highest BCUT2D eigenvalue weighted by Crippen LogP contribution is 2.45. The molecule has 3 aliphatic carbocycles. The minimum absolute atomic E-state index is 0.492. The van der Waals surface area contributed by atoms with Crippen LogP contribution in [0.3, 0.4) is 0 Å². The molecule has 0 radical (unpaired) electrons. The van der Waals surface area contributed by atoms with Crippen LogP contribution in [0.1, 0.15) is 77.0 Å². The van der Waals surface area contributed by atoms with Crippen molar-refractivity contribution in [2.75, 3.05) is 7.11 Å². The van der Waals surface area contributed by atoms with Crippen LogP contribution in [-0.4, -0.2) is 19.4 Å². The highest BCUT2D eigenvalue weighted by Gasteiger charge is 2.34. The van der Waals surface area contributed by atoms with Gasteiger partial charge in [-0.25, -0.2) is 4.39 Å². The minimum Gasteiger partial charge on any atom is -0.381 e. The molecule has 0 aliphatic heterocycles. The molecule has 0 amide bonds. The molecule has 0 unspecified atom stereocenters. The molecule has 122 valence electrons. The lowest BCUT2D eigenvalue weighted by Gasteiger charge is -2.40. The van der Waals surface area contributed by atoms with E-state index in [1.807, 2.05) is 7.11 Å². The van der Waals surface area contributed by atoms with E-state index in [-0.39, 0.29) is 0 Å². The van der Waals surface area contributed by atoms with E-state index < -0.39 is 6.17 Å². The highest BCUT2D eigenvalue weighted by molar-refractivity contribution is 4.85. The monoisotopic (exact) mass is 296 g/mol. The van der Waals surface area contributed by atoms with Crippen LogP contribution >= 0.6 is 0 Å². The molecule has 0 spiro atoms.